The Bertz CT molecular complexity index is 269. The molecule has 1 unspecified atom stereocenters. The van der Waals surface area contributed by atoms with Gasteiger partial charge in [-0.1, -0.05) is 18.2 Å². The summed E-state index contributed by atoms with van der Waals surface area (Å²) in [4.78, 5) is 0. The van der Waals surface area contributed by atoms with Crippen LogP contribution in [0.2, 0.25) is 0 Å². The van der Waals surface area contributed by atoms with Crippen molar-refractivity contribution in [2.45, 2.75) is 5.38 Å². The molecule has 1 aromatic carbocycles. The molecule has 0 aliphatic heterocycles. The summed E-state index contributed by atoms with van der Waals surface area (Å²) in [6, 6.07) is 9.75. The molecule has 0 radical (unpaired) electrons. The molecule has 1 N–H and O–H groups in total. The molecule has 90 valence electrons. The molecule has 0 bridgehead atoms. The predicted octanol–water partition coefficient (Wildman–Crippen LogP) is 1.91. The number of nitrogens with one attached hydrogen (secondary N) is 1. The molecule has 0 fully saturated rings. The van der Waals surface area contributed by atoms with E-state index in [0.717, 1.165) is 18.8 Å². The second-order valence-electron chi connectivity index (χ2n) is 3.42. The van der Waals surface area contributed by atoms with Gasteiger partial charge in [0.25, 0.3) is 0 Å². The first-order valence-corrected chi connectivity index (χ1v) is 5.78. The first-order chi connectivity index (χ1) is 7.83. The monoisotopic (exact) mass is 243 g/mol. The van der Waals surface area contributed by atoms with E-state index in [1.54, 1.807) is 7.11 Å². The Morgan fingerprint density at radius 1 is 1.31 bits per heavy atom. The fourth-order valence-electron chi connectivity index (χ4n) is 1.26. The number of para-hydroxylation sites is 1. The fourth-order valence-corrected chi connectivity index (χ4v) is 1.49. The molecular formula is C12H18ClNO2. The molecule has 0 saturated carbocycles. The number of methoxy groups -OCH3 is 1. The Morgan fingerprint density at radius 2 is 2.06 bits per heavy atom. The second kappa shape index (κ2) is 8.39. The van der Waals surface area contributed by atoms with E-state index in [1.807, 2.05) is 30.3 Å². The summed E-state index contributed by atoms with van der Waals surface area (Å²) < 4.78 is 10.4. The van der Waals surface area contributed by atoms with E-state index in [1.165, 1.54) is 0 Å². The minimum absolute atomic E-state index is 0.0155. The summed E-state index contributed by atoms with van der Waals surface area (Å²) >= 11 is 5.95. The van der Waals surface area contributed by atoms with Gasteiger partial charge in [0.05, 0.1) is 12.0 Å². The third kappa shape index (κ3) is 5.95. The molecule has 1 atom stereocenters. The van der Waals surface area contributed by atoms with Crippen molar-refractivity contribution in [3.63, 3.8) is 0 Å². The number of benzene rings is 1. The van der Waals surface area contributed by atoms with Gasteiger partial charge in [-0.15, -0.1) is 11.6 Å². The highest BCUT2D eigenvalue weighted by Crippen LogP contribution is 2.07. The van der Waals surface area contributed by atoms with Crippen molar-refractivity contribution >= 4 is 11.6 Å². The van der Waals surface area contributed by atoms with Gasteiger partial charge in [0.2, 0.25) is 0 Å². The van der Waals surface area contributed by atoms with Crippen LogP contribution >= 0.6 is 11.6 Å². The van der Waals surface area contributed by atoms with Crippen molar-refractivity contribution in [2.24, 2.45) is 0 Å². The second-order valence-corrected chi connectivity index (χ2v) is 4.04. The Morgan fingerprint density at radius 3 is 2.75 bits per heavy atom. The molecule has 0 spiro atoms. The van der Waals surface area contributed by atoms with Crippen LogP contribution in [0.3, 0.4) is 0 Å². The summed E-state index contributed by atoms with van der Waals surface area (Å²) in [6.07, 6.45) is 0. The van der Waals surface area contributed by atoms with Crippen molar-refractivity contribution < 1.29 is 9.47 Å². The number of ether oxygens (including phenoxy) is 2. The lowest BCUT2D eigenvalue weighted by atomic mass is 10.3. The van der Waals surface area contributed by atoms with Gasteiger partial charge in [-0.3, -0.25) is 0 Å². The maximum atomic E-state index is 5.95. The fraction of sp³-hybridized carbons (Fsp3) is 0.500. The van der Waals surface area contributed by atoms with E-state index in [9.17, 15) is 0 Å². The number of hydrogen-bond donors (Lipinski definition) is 1. The molecule has 1 rings (SSSR count). The van der Waals surface area contributed by atoms with Gasteiger partial charge < -0.3 is 14.8 Å². The summed E-state index contributed by atoms with van der Waals surface area (Å²) in [5, 5.41) is 3.22. The van der Waals surface area contributed by atoms with Crippen LogP contribution in [-0.4, -0.2) is 38.8 Å². The van der Waals surface area contributed by atoms with Crippen LogP contribution in [-0.2, 0) is 4.74 Å². The van der Waals surface area contributed by atoms with Crippen molar-refractivity contribution in [1.82, 2.24) is 5.32 Å². The highest BCUT2D eigenvalue weighted by molar-refractivity contribution is 6.20. The first-order valence-electron chi connectivity index (χ1n) is 5.34. The predicted molar refractivity (Wildman–Crippen MR) is 66.3 cm³/mol. The van der Waals surface area contributed by atoms with Crippen molar-refractivity contribution in [1.29, 1.82) is 0 Å². The molecule has 0 saturated heterocycles. The normalized spacial score (nSPS) is 12.4. The van der Waals surface area contributed by atoms with Crippen LogP contribution in [0.1, 0.15) is 0 Å². The molecule has 3 nitrogen and oxygen atoms in total. The zero-order valence-corrected chi connectivity index (χ0v) is 10.2. The summed E-state index contributed by atoms with van der Waals surface area (Å²) in [5.74, 6) is 0.892. The third-order valence-corrected chi connectivity index (χ3v) is 2.28. The largest absolute Gasteiger partial charge is 0.492 e. The molecule has 16 heavy (non-hydrogen) atoms. The van der Waals surface area contributed by atoms with Gasteiger partial charge in [0, 0.05) is 20.2 Å². The smallest absolute Gasteiger partial charge is 0.119 e. The molecule has 0 amide bonds. The van der Waals surface area contributed by atoms with Gasteiger partial charge >= 0.3 is 0 Å². The van der Waals surface area contributed by atoms with E-state index in [4.69, 9.17) is 21.1 Å². The van der Waals surface area contributed by atoms with Crippen LogP contribution in [0.15, 0.2) is 30.3 Å². The van der Waals surface area contributed by atoms with Crippen LogP contribution in [0.25, 0.3) is 0 Å². The quantitative estimate of drug-likeness (QED) is 0.559. The summed E-state index contributed by atoms with van der Waals surface area (Å²) in [6.45, 7) is 2.71. The van der Waals surface area contributed by atoms with E-state index >= 15 is 0 Å². The Kier molecular flexibility index (Phi) is 6.97. The molecule has 0 aliphatic rings. The average molecular weight is 244 g/mol. The number of rotatable bonds is 8. The van der Waals surface area contributed by atoms with Gasteiger partial charge in [-0.05, 0) is 12.1 Å². The van der Waals surface area contributed by atoms with Crippen molar-refractivity contribution in [3.8, 4) is 5.75 Å². The van der Waals surface area contributed by atoms with Gasteiger partial charge in [-0.25, -0.2) is 0 Å². The van der Waals surface area contributed by atoms with E-state index in [0.29, 0.717) is 13.2 Å². The molecule has 0 heterocycles. The average Bonchev–Trinajstić information content (AvgIpc) is 2.30. The minimum Gasteiger partial charge on any atom is -0.492 e. The zero-order valence-electron chi connectivity index (χ0n) is 9.49. The van der Waals surface area contributed by atoms with Crippen molar-refractivity contribution in [2.75, 3.05) is 33.4 Å². The summed E-state index contributed by atoms with van der Waals surface area (Å²) in [5.41, 5.74) is 0. The lowest BCUT2D eigenvalue weighted by Gasteiger charge is -2.10. The van der Waals surface area contributed by atoms with Gasteiger partial charge in [-0.2, -0.15) is 0 Å². The zero-order chi connectivity index (χ0) is 11.6. The SMILES string of the molecule is COCC(Cl)CNCCOc1ccccc1. The van der Waals surface area contributed by atoms with E-state index in [2.05, 4.69) is 5.32 Å². The van der Waals surface area contributed by atoms with E-state index in [-0.39, 0.29) is 5.38 Å². The van der Waals surface area contributed by atoms with Crippen molar-refractivity contribution in [3.05, 3.63) is 30.3 Å². The highest BCUT2D eigenvalue weighted by atomic mass is 35.5. The highest BCUT2D eigenvalue weighted by Gasteiger charge is 2.02. The van der Waals surface area contributed by atoms with Crippen LogP contribution in [0.4, 0.5) is 0 Å². The molecular weight excluding hydrogens is 226 g/mol. The maximum absolute atomic E-state index is 5.95. The van der Waals surface area contributed by atoms with Gasteiger partial charge in [0.15, 0.2) is 0 Å². The number of alkyl halides is 1. The standard InChI is InChI=1S/C12H18ClNO2/c1-15-10-11(13)9-14-7-8-16-12-5-3-2-4-6-12/h2-6,11,14H,7-10H2,1H3. The Hall–Kier alpha value is -0.770. The molecule has 1 aromatic rings. The minimum atomic E-state index is 0.0155. The van der Waals surface area contributed by atoms with Crippen LogP contribution in [0.5, 0.6) is 5.75 Å². The molecule has 0 aliphatic carbocycles. The summed E-state index contributed by atoms with van der Waals surface area (Å²) in [7, 11) is 1.65. The van der Waals surface area contributed by atoms with Crippen LogP contribution in [0, 0.1) is 0 Å². The van der Waals surface area contributed by atoms with Gasteiger partial charge in [0.1, 0.15) is 12.4 Å². The molecule has 0 aromatic heterocycles. The number of hydrogen-bond acceptors (Lipinski definition) is 3. The Labute approximate surface area is 102 Å². The lowest BCUT2D eigenvalue weighted by molar-refractivity contribution is 0.196. The lowest BCUT2D eigenvalue weighted by Crippen LogP contribution is -2.29. The third-order valence-electron chi connectivity index (χ3n) is 2.00. The Balaban J connectivity index is 2.00. The van der Waals surface area contributed by atoms with Crippen LogP contribution < -0.4 is 10.1 Å². The topological polar surface area (TPSA) is 30.5 Å². The van der Waals surface area contributed by atoms with E-state index < -0.39 is 0 Å². The number of halogens is 1. The maximum Gasteiger partial charge on any atom is 0.119 e. The first kappa shape index (κ1) is 13.3. The molecule has 4 heteroatoms.